The lowest BCUT2D eigenvalue weighted by atomic mass is 9.89. The highest BCUT2D eigenvalue weighted by atomic mass is 79.9. The monoisotopic (exact) mass is 313 g/mol. The average Bonchev–Trinajstić information content (AvgIpc) is 2.77. The Labute approximate surface area is 117 Å². The van der Waals surface area contributed by atoms with E-state index in [0.29, 0.717) is 11.8 Å². The van der Waals surface area contributed by atoms with Crippen LogP contribution in [-0.2, 0) is 6.42 Å². The van der Waals surface area contributed by atoms with E-state index < -0.39 is 0 Å². The molecule has 2 rings (SSSR count). The zero-order valence-electron chi connectivity index (χ0n) is 10.9. The fraction of sp³-hybridized carbons (Fsp3) is 0.600. The molecule has 18 heavy (non-hydrogen) atoms. The molecule has 1 aliphatic rings. The molecule has 100 valence electrons. The second-order valence-electron chi connectivity index (χ2n) is 5.20. The predicted octanol–water partition coefficient (Wildman–Crippen LogP) is 4.16. The Kier molecular flexibility index (Phi) is 5.19. The van der Waals surface area contributed by atoms with Crippen molar-refractivity contribution in [3.63, 3.8) is 0 Å². The van der Waals surface area contributed by atoms with Crippen LogP contribution in [0.5, 0.6) is 0 Å². The van der Waals surface area contributed by atoms with Gasteiger partial charge in [0, 0.05) is 4.47 Å². The van der Waals surface area contributed by atoms with Crippen molar-refractivity contribution in [1.82, 2.24) is 5.32 Å². The molecule has 1 aliphatic carbocycles. The van der Waals surface area contributed by atoms with E-state index in [1.165, 1.54) is 19.3 Å². The van der Waals surface area contributed by atoms with Gasteiger partial charge in [0.05, 0.1) is 0 Å². The van der Waals surface area contributed by atoms with Gasteiger partial charge in [0.15, 0.2) is 0 Å². The molecule has 0 saturated heterocycles. The van der Waals surface area contributed by atoms with Gasteiger partial charge in [-0.05, 0) is 61.9 Å². The molecule has 0 radical (unpaired) electrons. The maximum absolute atomic E-state index is 13.8. The normalized spacial score (nSPS) is 23.5. The molecule has 0 amide bonds. The number of rotatable bonds is 5. The van der Waals surface area contributed by atoms with Crippen LogP contribution in [0.1, 0.15) is 31.7 Å². The maximum atomic E-state index is 13.8. The fourth-order valence-corrected chi connectivity index (χ4v) is 3.28. The third kappa shape index (κ3) is 3.55. The van der Waals surface area contributed by atoms with Crippen LogP contribution >= 0.6 is 15.9 Å². The lowest BCUT2D eigenvalue weighted by molar-refractivity contribution is 0.364. The standard InChI is InChI=1S/C15H21BrFN/c1-2-18-10-13-5-3-4-11(13)8-12-6-7-14(16)9-15(12)17/h6-7,9,11,13,18H,2-5,8,10H2,1H3. The maximum Gasteiger partial charge on any atom is 0.127 e. The zero-order valence-corrected chi connectivity index (χ0v) is 12.5. The highest BCUT2D eigenvalue weighted by Gasteiger charge is 2.27. The number of halogens is 2. The van der Waals surface area contributed by atoms with Crippen molar-refractivity contribution >= 4 is 15.9 Å². The van der Waals surface area contributed by atoms with E-state index in [9.17, 15) is 4.39 Å². The van der Waals surface area contributed by atoms with Crippen LogP contribution in [0.4, 0.5) is 4.39 Å². The Morgan fingerprint density at radius 3 is 2.83 bits per heavy atom. The number of hydrogen-bond acceptors (Lipinski definition) is 1. The topological polar surface area (TPSA) is 12.0 Å². The molecule has 1 fully saturated rings. The Bertz CT molecular complexity index is 394. The molecule has 0 spiro atoms. The molecule has 1 aromatic carbocycles. The summed E-state index contributed by atoms with van der Waals surface area (Å²) in [4.78, 5) is 0. The van der Waals surface area contributed by atoms with Crippen LogP contribution < -0.4 is 5.32 Å². The van der Waals surface area contributed by atoms with Gasteiger partial charge in [-0.25, -0.2) is 4.39 Å². The smallest absolute Gasteiger partial charge is 0.127 e. The number of hydrogen-bond donors (Lipinski definition) is 1. The fourth-order valence-electron chi connectivity index (χ4n) is 2.95. The van der Waals surface area contributed by atoms with Gasteiger partial charge < -0.3 is 5.32 Å². The quantitative estimate of drug-likeness (QED) is 0.860. The molecule has 0 aliphatic heterocycles. The molecule has 2 unspecified atom stereocenters. The van der Waals surface area contributed by atoms with Crippen molar-refractivity contribution in [2.45, 2.75) is 32.6 Å². The van der Waals surface area contributed by atoms with Gasteiger partial charge in [-0.15, -0.1) is 0 Å². The Balaban J connectivity index is 1.99. The molecule has 1 N–H and O–H groups in total. The van der Waals surface area contributed by atoms with E-state index in [1.807, 2.05) is 12.1 Å². The number of nitrogens with one attached hydrogen (secondary N) is 1. The summed E-state index contributed by atoms with van der Waals surface area (Å²) in [5.41, 5.74) is 0.867. The van der Waals surface area contributed by atoms with Gasteiger partial charge in [0.25, 0.3) is 0 Å². The van der Waals surface area contributed by atoms with Crippen LogP contribution in [0.3, 0.4) is 0 Å². The summed E-state index contributed by atoms with van der Waals surface area (Å²) in [6, 6.07) is 5.43. The van der Waals surface area contributed by atoms with Crippen molar-refractivity contribution in [3.05, 3.63) is 34.1 Å². The average molecular weight is 314 g/mol. The Morgan fingerprint density at radius 2 is 2.11 bits per heavy atom. The second-order valence-corrected chi connectivity index (χ2v) is 6.11. The molecule has 0 heterocycles. The van der Waals surface area contributed by atoms with Crippen molar-refractivity contribution in [3.8, 4) is 0 Å². The summed E-state index contributed by atoms with van der Waals surface area (Å²) in [6.45, 7) is 4.24. The third-order valence-electron chi connectivity index (χ3n) is 3.97. The van der Waals surface area contributed by atoms with E-state index in [4.69, 9.17) is 0 Å². The first kappa shape index (κ1) is 14.0. The SMILES string of the molecule is CCNCC1CCCC1Cc1ccc(Br)cc1F. The number of benzene rings is 1. The van der Waals surface area contributed by atoms with Gasteiger partial charge >= 0.3 is 0 Å². The van der Waals surface area contributed by atoms with Crippen LogP contribution in [0.2, 0.25) is 0 Å². The van der Waals surface area contributed by atoms with Crippen molar-refractivity contribution < 1.29 is 4.39 Å². The lowest BCUT2D eigenvalue weighted by Gasteiger charge is -2.20. The minimum Gasteiger partial charge on any atom is -0.317 e. The summed E-state index contributed by atoms with van der Waals surface area (Å²) >= 11 is 3.31. The lowest BCUT2D eigenvalue weighted by Crippen LogP contribution is -2.26. The summed E-state index contributed by atoms with van der Waals surface area (Å²) in [7, 11) is 0. The first-order valence-corrected chi connectivity index (χ1v) is 7.64. The Morgan fingerprint density at radius 1 is 1.33 bits per heavy atom. The van der Waals surface area contributed by atoms with Gasteiger partial charge in [-0.3, -0.25) is 0 Å². The summed E-state index contributed by atoms with van der Waals surface area (Å²) < 4.78 is 14.7. The van der Waals surface area contributed by atoms with Crippen LogP contribution in [0.15, 0.2) is 22.7 Å². The van der Waals surface area contributed by atoms with Crippen molar-refractivity contribution in [2.75, 3.05) is 13.1 Å². The molecular formula is C15H21BrFN. The Hall–Kier alpha value is -0.410. The first-order chi connectivity index (χ1) is 8.70. The van der Waals surface area contributed by atoms with E-state index in [1.54, 1.807) is 6.07 Å². The molecular weight excluding hydrogens is 293 g/mol. The van der Waals surface area contributed by atoms with E-state index >= 15 is 0 Å². The molecule has 1 nitrogen and oxygen atoms in total. The minimum atomic E-state index is -0.0709. The van der Waals surface area contributed by atoms with Crippen molar-refractivity contribution in [2.24, 2.45) is 11.8 Å². The predicted molar refractivity (Wildman–Crippen MR) is 77.2 cm³/mol. The van der Waals surface area contributed by atoms with Gasteiger partial charge in [-0.2, -0.15) is 0 Å². The third-order valence-corrected chi connectivity index (χ3v) is 4.46. The highest BCUT2D eigenvalue weighted by Crippen LogP contribution is 2.34. The van der Waals surface area contributed by atoms with Gasteiger partial charge in [0.1, 0.15) is 5.82 Å². The van der Waals surface area contributed by atoms with Crippen LogP contribution in [0, 0.1) is 17.7 Å². The van der Waals surface area contributed by atoms with Gasteiger partial charge in [0.2, 0.25) is 0 Å². The zero-order chi connectivity index (χ0) is 13.0. The molecule has 1 saturated carbocycles. The van der Waals surface area contributed by atoms with E-state index in [-0.39, 0.29) is 5.82 Å². The van der Waals surface area contributed by atoms with Crippen molar-refractivity contribution in [1.29, 1.82) is 0 Å². The largest absolute Gasteiger partial charge is 0.317 e. The minimum absolute atomic E-state index is 0.0709. The molecule has 1 aromatic rings. The summed E-state index contributed by atoms with van der Waals surface area (Å²) in [5, 5.41) is 3.43. The van der Waals surface area contributed by atoms with Crippen LogP contribution in [0.25, 0.3) is 0 Å². The second kappa shape index (κ2) is 6.67. The summed E-state index contributed by atoms with van der Waals surface area (Å²) in [5.74, 6) is 1.28. The van der Waals surface area contributed by atoms with Crippen LogP contribution in [-0.4, -0.2) is 13.1 Å². The molecule has 0 bridgehead atoms. The first-order valence-electron chi connectivity index (χ1n) is 6.85. The summed E-state index contributed by atoms with van der Waals surface area (Å²) in [6.07, 6.45) is 4.70. The van der Waals surface area contributed by atoms with E-state index in [0.717, 1.165) is 29.5 Å². The molecule has 2 atom stereocenters. The van der Waals surface area contributed by atoms with E-state index in [2.05, 4.69) is 28.2 Å². The molecule has 3 heteroatoms. The molecule has 0 aromatic heterocycles. The highest BCUT2D eigenvalue weighted by molar-refractivity contribution is 9.10. The van der Waals surface area contributed by atoms with Gasteiger partial charge in [-0.1, -0.05) is 35.3 Å².